The first-order chi connectivity index (χ1) is 9.51. The zero-order chi connectivity index (χ0) is 14.7. The maximum Gasteiger partial charge on any atom is 0.161 e. The summed E-state index contributed by atoms with van der Waals surface area (Å²) >= 11 is 5.95. The number of methoxy groups -OCH3 is 1. The number of ether oxygens (including phenoxy) is 1. The molecule has 20 heavy (non-hydrogen) atoms. The molecule has 0 spiro atoms. The highest BCUT2D eigenvalue weighted by Crippen LogP contribution is 2.26. The molecule has 0 radical (unpaired) electrons. The molecule has 1 N–H and O–H groups in total. The van der Waals surface area contributed by atoms with Crippen LogP contribution in [0.1, 0.15) is 5.56 Å². The number of anilines is 1. The lowest BCUT2D eigenvalue weighted by atomic mass is 10.2. The van der Waals surface area contributed by atoms with Gasteiger partial charge in [-0.15, -0.1) is 0 Å². The normalized spacial score (nSPS) is 10.4. The van der Waals surface area contributed by atoms with E-state index in [1.54, 1.807) is 18.2 Å². The molecule has 0 aliphatic rings. The van der Waals surface area contributed by atoms with Crippen molar-refractivity contribution in [3.8, 4) is 5.75 Å². The quantitative estimate of drug-likeness (QED) is 0.846. The molecule has 0 fully saturated rings. The fourth-order valence-electron chi connectivity index (χ4n) is 1.68. The van der Waals surface area contributed by atoms with Crippen molar-refractivity contribution in [2.75, 3.05) is 12.4 Å². The molecule has 0 aliphatic heterocycles. The van der Waals surface area contributed by atoms with Gasteiger partial charge in [-0.25, -0.2) is 13.2 Å². The zero-order valence-electron chi connectivity index (χ0n) is 10.5. The Hall–Kier alpha value is -1.88. The van der Waals surface area contributed by atoms with Gasteiger partial charge in [0.15, 0.2) is 11.6 Å². The Labute approximate surface area is 119 Å². The van der Waals surface area contributed by atoms with E-state index < -0.39 is 17.5 Å². The van der Waals surface area contributed by atoms with E-state index in [1.165, 1.54) is 7.11 Å². The van der Waals surface area contributed by atoms with Crippen LogP contribution < -0.4 is 10.1 Å². The minimum Gasteiger partial charge on any atom is -0.495 e. The lowest BCUT2D eigenvalue weighted by Gasteiger charge is -2.10. The largest absolute Gasteiger partial charge is 0.495 e. The standard InChI is InChI=1S/C14H11ClF3NO/c1-20-14-3-2-8(4-9(14)15)7-19-13-6-11(17)10(16)5-12(13)18/h2-6,19H,7H2,1H3. The van der Waals surface area contributed by atoms with Crippen LogP contribution in [0.25, 0.3) is 0 Å². The van der Waals surface area contributed by atoms with Crippen LogP contribution in [0.4, 0.5) is 18.9 Å². The van der Waals surface area contributed by atoms with Gasteiger partial charge >= 0.3 is 0 Å². The summed E-state index contributed by atoms with van der Waals surface area (Å²) in [7, 11) is 1.50. The van der Waals surface area contributed by atoms with Crippen molar-refractivity contribution >= 4 is 17.3 Å². The van der Waals surface area contributed by atoms with Gasteiger partial charge in [-0.1, -0.05) is 17.7 Å². The Balaban J connectivity index is 2.13. The third-order valence-corrected chi connectivity index (χ3v) is 3.00. The highest BCUT2D eigenvalue weighted by atomic mass is 35.5. The van der Waals surface area contributed by atoms with Gasteiger partial charge in [0.25, 0.3) is 0 Å². The van der Waals surface area contributed by atoms with E-state index in [-0.39, 0.29) is 12.2 Å². The third-order valence-electron chi connectivity index (χ3n) is 2.71. The molecule has 6 heteroatoms. The van der Waals surface area contributed by atoms with Crippen molar-refractivity contribution < 1.29 is 17.9 Å². The zero-order valence-corrected chi connectivity index (χ0v) is 11.3. The summed E-state index contributed by atoms with van der Waals surface area (Å²) < 4.78 is 44.2. The molecule has 0 aromatic heterocycles. The molecule has 0 saturated heterocycles. The summed E-state index contributed by atoms with van der Waals surface area (Å²) in [5.74, 6) is -2.67. The minimum atomic E-state index is -1.22. The molecule has 2 aromatic carbocycles. The molecule has 2 nitrogen and oxygen atoms in total. The van der Waals surface area contributed by atoms with E-state index in [2.05, 4.69) is 5.32 Å². The number of hydrogen-bond acceptors (Lipinski definition) is 2. The van der Waals surface area contributed by atoms with Crippen LogP contribution in [0.5, 0.6) is 5.75 Å². The van der Waals surface area contributed by atoms with E-state index in [0.717, 1.165) is 11.6 Å². The monoisotopic (exact) mass is 301 g/mol. The number of hydrogen-bond donors (Lipinski definition) is 1. The molecule has 2 aromatic rings. The molecule has 0 bridgehead atoms. The van der Waals surface area contributed by atoms with Gasteiger partial charge in [0.2, 0.25) is 0 Å². The summed E-state index contributed by atoms with van der Waals surface area (Å²) in [6, 6.07) is 6.32. The second-order valence-electron chi connectivity index (χ2n) is 4.07. The van der Waals surface area contributed by atoms with Crippen LogP contribution in [0, 0.1) is 17.5 Å². The topological polar surface area (TPSA) is 21.3 Å². The lowest BCUT2D eigenvalue weighted by molar-refractivity contribution is 0.415. The van der Waals surface area contributed by atoms with Crippen molar-refractivity contribution in [3.63, 3.8) is 0 Å². The van der Waals surface area contributed by atoms with Crippen molar-refractivity contribution in [3.05, 3.63) is 58.4 Å². The molecule has 2 rings (SSSR count). The maximum absolute atomic E-state index is 13.4. The van der Waals surface area contributed by atoms with Crippen LogP contribution in [-0.4, -0.2) is 7.11 Å². The van der Waals surface area contributed by atoms with E-state index in [9.17, 15) is 13.2 Å². The number of nitrogens with one attached hydrogen (secondary N) is 1. The van der Waals surface area contributed by atoms with Gasteiger partial charge in [0.1, 0.15) is 11.6 Å². The second-order valence-corrected chi connectivity index (χ2v) is 4.48. The van der Waals surface area contributed by atoms with Crippen LogP contribution in [0.2, 0.25) is 5.02 Å². The van der Waals surface area contributed by atoms with Crippen LogP contribution in [-0.2, 0) is 6.54 Å². The molecule has 0 heterocycles. The fraction of sp³-hybridized carbons (Fsp3) is 0.143. The Bertz CT molecular complexity index is 634. The first-order valence-corrected chi connectivity index (χ1v) is 6.10. The summed E-state index contributed by atoms with van der Waals surface area (Å²) in [5.41, 5.74) is 0.635. The average molecular weight is 302 g/mol. The molecule has 106 valence electrons. The number of rotatable bonds is 4. The average Bonchev–Trinajstić information content (AvgIpc) is 2.41. The van der Waals surface area contributed by atoms with Crippen LogP contribution >= 0.6 is 11.6 Å². The lowest BCUT2D eigenvalue weighted by Crippen LogP contribution is -2.03. The minimum absolute atomic E-state index is 0.115. The summed E-state index contributed by atoms with van der Waals surface area (Å²) in [5, 5.41) is 3.10. The number of benzene rings is 2. The predicted octanol–water partition coefficient (Wildman–Crippen LogP) is 4.38. The molecular formula is C14H11ClF3NO. The van der Waals surface area contributed by atoms with Gasteiger partial charge in [-0.05, 0) is 17.7 Å². The van der Waals surface area contributed by atoms with Gasteiger partial charge in [0, 0.05) is 18.7 Å². The summed E-state index contributed by atoms with van der Waals surface area (Å²) in [4.78, 5) is 0. The predicted molar refractivity (Wildman–Crippen MR) is 71.6 cm³/mol. The van der Waals surface area contributed by atoms with Gasteiger partial charge in [-0.2, -0.15) is 0 Å². The van der Waals surface area contributed by atoms with Crippen molar-refractivity contribution in [1.82, 2.24) is 0 Å². The highest BCUT2D eigenvalue weighted by Gasteiger charge is 2.09. The van der Waals surface area contributed by atoms with Crippen molar-refractivity contribution in [2.24, 2.45) is 0 Å². The van der Waals surface area contributed by atoms with Crippen molar-refractivity contribution in [1.29, 1.82) is 0 Å². The van der Waals surface area contributed by atoms with Crippen molar-refractivity contribution in [2.45, 2.75) is 6.54 Å². The highest BCUT2D eigenvalue weighted by molar-refractivity contribution is 6.32. The summed E-state index contributed by atoms with van der Waals surface area (Å²) in [6.07, 6.45) is 0. The summed E-state index contributed by atoms with van der Waals surface area (Å²) in [6.45, 7) is 0.214. The SMILES string of the molecule is COc1ccc(CNc2cc(F)c(F)cc2F)cc1Cl. The Morgan fingerprint density at radius 1 is 1.05 bits per heavy atom. The Kier molecular flexibility index (Phi) is 4.39. The number of halogens is 4. The van der Waals surface area contributed by atoms with E-state index >= 15 is 0 Å². The molecular weight excluding hydrogens is 291 g/mol. The van der Waals surface area contributed by atoms with Crippen LogP contribution in [0.3, 0.4) is 0 Å². The van der Waals surface area contributed by atoms with E-state index in [1.807, 2.05) is 0 Å². The molecule has 0 unspecified atom stereocenters. The Morgan fingerprint density at radius 2 is 1.75 bits per heavy atom. The van der Waals surface area contributed by atoms with Gasteiger partial charge < -0.3 is 10.1 Å². The molecule has 0 atom stereocenters. The maximum atomic E-state index is 13.4. The molecule has 0 saturated carbocycles. The van der Waals surface area contributed by atoms with Gasteiger partial charge in [-0.3, -0.25) is 0 Å². The smallest absolute Gasteiger partial charge is 0.161 e. The second kappa shape index (κ2) is 6.05. The van der Waals surface area contributed by atoms with Crippen LogP contribution in [0.15, 0.2) is 30.3 Å². The third kappa shape index (κ3) is 3.17. The van der Waals surface area contributed by atoms with Gasteiger partial charge in [0.05, 0.1) is 17.8 Å². The molecule has 0 aliphatic carbocycles. The first-order valence-electron chi connectivity index (χ1n) is 5.72. The molecule has 0 amide bonds. The van der Waals surface area contributed by atoms with E-state index in [0.29, 0.717) is 16.8 Å². The first kappa shape index (κ1) is 14.5. The van der Waals surface area contributed by atoms with E-state index in [4.69, 9.17) is 16.3 Å². The fourth-order valence-corrected chi connectivity index (χ4v) is 1.96. The Morgan fingerprint density at radius 3 is 2.40 bits per heavy atom.